The molecule has 1 aliphatic heterocycles. The SMILES string of the molecule is CC1CCCCN1CCNC(N)=NCC1CCC1. The van der Waals surface area contributed by atoms with E-state index in [9.17, 15) is 0 Å². The lowest BCUT2D eigenvalue weighted by molar-refractivity contribution is 0.164. The van der Waals surface area contributed by atoms with Gasteiger partial charge in [0.2, 0.25) is 0 Å². The Bertz CT molecular complexity index is 273. The van der Waals surface area contributed by atoms with Crippen molar-refractivity contribution in [2.45, 2.75) is 51.5 Å². The van der Waals surface area contributed by atoms with Crippen LogP contribution in [0.15, 0.2) is 4.99 Å². The zero-order valence-corrected chi connectivity index (χ0v) is 11.7. The summed E-state index contributed by atoms with van der Waals surface area (Å²) in [7, 11) is 0. The normalized spacial score (nSPS) is 26.9. The first-order valence-corrected chi connectivity index (χ1v) is 7.53. The third-order valence-corrected chi connectivity index (χ3v) is 4.39. The van der Waals surface area contributed by atoms with Gasteiger partial charge in [-0.2, -0.15) is 0 Å². The Morgan fingerprint density at radius 1 is 1.28 bits per heavy atom. The van der Waals surface area contributed by atoms with Gasteiger partial charge in [0.1, 0.15) is 0 Å². The van der Waals surface area contributed by atoms with E-state index < -0.39 is 0 Å². The molecule has 1 saturated heterocycles. The molecule has 0 aromatic heterocycles. The van der Waals surface area contributed by atoms with Gasteiger partial charge < -0.3 is 11.1 Å². The predicted molar refractivity (Wildman–Crippen MR) is 76.7 cm³/mol. The number of likely N-dealkylation sites (tertiary alicyclic amines) is 1. The Hall–Kier alpha value is -0.770. The number of nitrogens with zero attached hydrogens (tertiary/aromatic N) is 2. The fourth-order valence-corrected chi connectivity index (χ4v) is 2.78. The standard InChI is InChI=1S/C14H28N4/c1-12-5-2-3-9-18(12)10-8-16-14(15)17-11-13-6-4-7-13/h12-13H,2-11H2,1H3,(H3,15,16,17). The first-order valence-electron chi connectivity index (χ1n) is 7.53. The molecule has 1 saturated carbocycles. The Kier molecular flexibility index (Phi) is 5.29. The second kappa shape index (κ2) is 6.98. The first kappa shape index (κ1) is 13.7. The summed E-state index contributed by atoms with van der Waals surface area (Å²) in [5, 5.41) is 3.24. The molecule has 18 heavy (non-hydrogen) atoms. The maximum atomic E-state index is 5.87. The van der Waals surface area contributed by atoms with Gasteiger partial charge in [0.05, 0.1) is 0 Å². The highest BCUT2D eigenvalue weighted by atomic mass is 15.2. The molecule has 0 aromatic carbocycles. The van der Waals surface area contributed by atoms with E-state index >= 15 is 0 Å². The number of piperidine rings is 1. The number of hydrogen-bond donors (Lipinski definition) is 2. The van der Waals surface area contributed by atoms with Crippen molar-refractivity contribution in [3.05, 3.63) is 0 Å². The molecule has 0 aromatic rings. The van der Waals surface area contributed by atoms with Gasteiger partial charge in [-0.1, -0.05) is 12.8 Å². The summed E-state index contributed by atoms with van der Waals surface area (Å²) >= 11 is 0. The average molecular weight is 252 g/mol. The number of guanidine groups is 1. The summed E-state index contributed by atoms with van der Waals surface area (Å²) in [6.45, 7) is 6.49. The molecule has 2 rings (SSSR count). The summed E-state index contributed by atoms with van der Waals surface area (Å²) in [6.07, 6.45) is 8.11. The number of nitrogens with one attached hydrogen (secondary N) is 1. The van der Waals surface area contributed by atoms with Gasteiger partial charge in [-0.3, -0.25) is 9.89 Å². The van der Waals surface area contributed by atoms with E-state index in [1.54, 1.807) is 0 Å². The Morgan fingerprint density at radius 3 is 2.78 bits per heavy atom. The molecule has 0 radical (unpaired) electrons. The molecule has 3 N–H and O–H groups in total. The van der Waals surface area contributed by atoms with Crippen molar-refractivity contribution >= 4 is 5.96 Å². The minimum Gasteiger partial charge on any atom is -0.370 e. The third kappa shape index (κ3) is 4.16. The van der Waals surface area contributed by atoms with Crippen LogP contribution < -0.4 is 11.1 Å². The summed E-state index contributed by atoms with van der Waals surface area (Å²) in [5.74, 6) is 1.43. The van der Waals surface area contributed by atoms with Crippen LogP contribution in [-0.2, 0) is 0 Å². The topological polar surface area (TPSA) is 53.6 Å². The zero-order valence-electron chi connectivity index (χ0n) is 11.7. The summed E-state index contributed by atoms with van der Waals surface area (Å²) in [5.41, 5.74) is 5.87. The van der Waals surface area contributed by atoms with Crippen LogP contribution in [0.3, 0.4) is 0 Å². The van der Waals surface area contributed by atoms with E-state index in [4.69, 9.17) is 5.73 Å². The van der Waals surface area contributed by atoms with Gasteiger partial charge in [0, 0.05) is 25.7 Å². The number of hydrogen-bond acceptors (Lipinski definition) is 2. The third-order valence-electron chi connectivity index (χ3n) is 4.39. The number of rotatable bonds is 5. The van der Waals surface area contributed by atoms with Gasteiger partial charge in [0.25, 0.3) is 0 Å². The highest BCUT2D eigenvalue weighted by molar-refractivity contribution is 5.77. The van der Waals surface area contributed by atoms with E-state index in [1.165, 1.54) is 45.1 Å². The Morgan fingerprint density at radius 2 is 2.11 bits per heavy atom. The van der Waals surface area contributed by atoms with Crippen LogP contribution in [0.5, 0.6) is 0 Å². The molecule has 4 heteroatoms. The largest absolute Gasteiger partial charge is 0.370 e. The van der Waals surface area contributed by atoms with Gasteiger partial charge in [-0.15, -0.1) is 0 Å². The van der Waals surface area contributed by atoms with E-state index in [-0.39, 0.29) is 0 Å². The van der Waals surface area contributed by atoms with Crippen LogP contribution in [0.4, 0.5) is 0 Å². The summed E-state index contributed by atoms with van der Waals surface area (Å²) in [6, 6.07) is 0.730. The highest BCUT2D eigenvalue weighted by Crippen LogP contribution is 2.26. The molecule has 1 atom stereocenters. The minimum atomic E-state index is 0.631. The molecule has 1 aliphatic carbocycles. The Balaban J connectivity index is 1.58. The molecule has 1 unspecified atom stereocenters. The maximum absolute atomic E-state index is 5.87. The van der Waals surface area contributed by atoms with Crippen molar-refractivity contribution in [1.82, 2.24) is 10.2 Å². The molecule has 2 fully saturated rings. The molecular formula is C14H28N4. The zero-order chi connectivity index (χ0) is 12.8. The molecule has 104 valence electrons. The quantitative estimate of drug-likeness (QED) is 0.577. The number of aliphatic imine (C=N–C) groups is 1. The van der Waals surface area contributed by atoms with Gasteiger partial charge in [-0.25, -0.2) is 0 Å². The van der Waals surface area contributed by atoms with E-state index in [0.29, 0.717) is 5.96 Å². The van der Waals surface area contributed by atoms with Crippen molar-refractivity contribution in [1.29, 1.82) is 0 Å². The molecule has 1 heterocycles. The molecule has 0 amide bonds. The smallest absolute Gasteiger partial charge is 0.188 e. The maximum Gasteiger partial charge on any atom is 0.188 e. The fourth-order valence-electron chi connectivity index (χ4n) is 2.78. The molecule has 2 aliphatic rings. The van der Waals surface area contributed by atoms with E-state index in [0.717, 1.165) is 31.6 Å². The lowest BCUT2D eigenvalue weighted by atomic mass is 9.86. The number of nitrogens with two attached hydrogens (primary N) is 1. The second-order valence-corrected chi connectivity index (χ2v) is 5.83. The van der Waals surface area contributed by atoms with Crippen LogP contribution in [0.2, 0.25) is 0 Å². The summed E-state index contributed by atoms with van der Waals surface area (Å²) in [4.78, 5) is 6.96. The van der Waals surface area contributed by atoms with Gasteiger partial charge in [0.15, 0.2) is 5.96 Å². The monoisotopic (exact) mass is 252 g/mol. The van der Waals surface area contributed by atoms with Crippen molar-refractivity contribution in [3.63, 3.8) is 0 Å². The first-order chi connectivity index (χ1) is 8.75. The molecule has 4 nitrogen and oxygen atoms in total. The van der Waals surface area contributed by atoms with Crippen molar-refractivity contribution in [2.75, 3.05) is 26.2 Å². The molecule has 0 spiro atoms. The predicted octanol–water partition coefficient (Wildman–Crippen LogP) is 1.57. The Labute approximate surface area is 111 Å². The minimum absolute atomic E-state index is 0.631. The second-order valence-electron chi connectivity index (χ2n) is 5.83. The van der Waals surface area contributed by atoms with Crippen LogP contribution in [-0.4, -0.2) is 43.1 Å². The summed E-state index contributed by atoms with van der Waals surface area (Å²) < 4.78 is 0. The molecule has 0 bridgehead atoms. The van der Waals surface area contributed by atoms with E-state index in [2.05, 4.69) is 22.1 Å². The average Bonchev–Trinajstić information content (AvgIpc) is 2.30. The lowest BCUT2D eigenvalue weighted by Crippen LogP contribution is -2.44. The van der Waals surface area contributed by atoms with Gasteiger partial charge in [-0.05, 0) is 45.1 Å². The van der Waals surface area contributed by atoms with Crippen LogP contribution in [0.1, 0.15) is 45.4 Å². The van der Waals surface area contributed by atoms with Crippen molar-refractivity contribution < 1.29 is 0 Å². The van der Waals surface area contributed by atoms with E-state index in [1.807, 2.05) is 0 Å². The lowest BCUT2D eigenvalue weighted by Gasteiger charge is -2.33. The highest BCUT2D eigenvalue weighted by Gasteiger charge is 2.18. The van der Waals surface area contributed by atoms with Crippen LogP contribution in [0.25, 0.3) is 0 Å². The van der Waals surface area contributed by atoms with Crippen LogP contribution in [0, 0.1) is 5.92 Å². The van der Waals surface area contributed by atoms with Crippen molar-refractivity contribution in [2.24, 2.45) is 16.6 Å². The van der Waals surface area contributed by atoms with Crippen LogP contribution >= 0.6 is 0 Å². The molecular weight excluding hydrogens is 224 g/mol. The van der Waals surface area contributed by atoms with Crippen molar-refractivity contribution in [3.8, 4) is 0 Å². The fraction of sp³-hybridized carbons (Fsp3) is 0.929. The van der Waals surface area contributed by atoms with Gasteiger partial charge >= 0.3 is 0 Å².